The smallest absolute Gasteiger partial charge is 0.0533 e. The average molecular weight is 422 g/mol. The Morgan fingerprint density at radius 3 is 0.731 bits per heavy atom. The molecule has 0 amide bonds. The highest BCUT2D eigenvalue weighted by atomic mass is 31.2. The van der Waals surface area contributed by atoms with E-state index in [1.807, 2.05) is 0 Å². The second kappa shape index (κ2) is 25.2. The summed E-state index contributed by atoms with van der Waals surface area (Å²) in [6, 6.07) is 0. The molecule has 0 radical (unpaired) electrons. The molecular formula is C15H36O9P2-6. The van der Waals surface area contributed by atoms with E-state index < -0.39 is 15.6 Å². The molecule has 9 nitrogen and oxygen atoms in total. The van der Waals surface area contributed by atoms with Crippen molar-refractivity contribution in [3.8, 4) is 0 Å². The first-order valence-electron chi connectivity index (χ1n) is 8.37. The van der Waals surface area contributed by atoms with E-state index in [1.54, 1.807) is 0 Å². The molecule has 0 unspecified atom stereocenters. The summed E-state index contributed by atoms with van der Waals surface area (Å²) in [4.78, 5) is 51.3. The van der Waals surface area contributed by atoms with Crippen LogP contribution in [0.3, 0.4) is 0 Å². The van der Waals surface area contributed by atoms with Crippen LogP contribution in [0.15, 0.2) is 0 Å². The zero-order valence-corrected chi connectivity index (χ0v) is 16.9. The first kappa shape index (κ1) is 37.0. The summed E-state index contributed by atoms with van der Waals surface area (Å²) in [6.07, 6.45) is 17.4. The Bertz CT molecular complexity index is 281. The van der Waals surface area contributed by atoms with Crippen molar-refractivity contribution >= 4 is 15.6 Å². The van der Waals surface area contributed by atoms with E-state index in [0.717, 1.165) is 0 Å². The fourth-order valence-electron chi connectivity index (χ4n) is 1.91. The number of hydrogen-bond donors (Lipinski definition) is 0. The molecule has 0 aliphatic rings. The Morgan fingerprint density at radius 2 is 0.615 bits per heavy atom. The van der Waals surface area contributed by atoms with E-state index in [4.69, 9.17) is 38.5 Å². The second-order valence-electron chi connectivity index (χ2n) is 5.43. The van der Waals surface area contributed by atoms with E-state index >= 15 is 0 Å². The van der Waals surface area contributed by atoms with Gasteiger partial charge < -0.3 is 44.0 Å². The van der Waals surface area contributed by atoms with Gasteiger partial charge in [0.2, 0.25) is 0 Å². The van der Waals surface area contributed by atoms with Crippen molar-refractivity contribution < 1.29 is 44.0 Å². The van der Waals surface area contributed by atoms with Gasteiger partial charge in [0.25, 0.3) is 0 Å². The van der Waals surface area contributed by atoms with Gasteiger partial charge in [0, 0.05) is 0 Å². The topological polar surface area (TPSA) is 204 Å². The van der Waals surface area contributed by atoms with Gasteiger partial charge in [-0.3, -0.25) is 0 Å². The molecule has 0 saturated carbocycles. The summed E-state index contributed by atoms with van der Waals surface area (Å²) in [5.41, 5.74) is 0. The van der Waals surface area contributed by atoms with Crippen molar-refractivity contribution in [3.05, 3.63) is 0 Å². The highest BCUT2D eigenvalue weighted by Gasteiger charge is 1.91. The molecule has 0 aromatic carbocycles. The normalized spacial score (nSPS) is 10.3. The van der Waals surface area contributed by atoms with Crippen molar-refractivity contribution in [3.63, 3.8) is 0 Å². The maximum absolute atomic E-state index is 8.55. The third-order valence-electron chi connectivity index (χ3n) is 2.96. The van der Waals surface area contributed by atoms with Crippen LogP contribution in [-0.4, -0.2) is 5.48 Å². The lowest BCUT2D eigenvalue weighted by Gasteiger charge is -2.36. The Kier molecular flexibility index (Phi) is 35.8. The van der Waals surface area contributed by atoms with Crippen LogP contribution in [0.25, 0.3) is 0 Å². The van der Waals surface area contributed by atoms with Gasteiger partial charge in [-0.1, -0.05) is 98.3 Å². The van der Waals surface area contributed by atoms with Crippen LogP contribution in [0.5, 0.6) is 0 Å². The third kappa shape index (κ3) is 104. The molecule has 0 fully saturated rings. The molecule has 0 aromatic heterocycles. The zero-order chi connectivity index (χ0) is 19.5. The zero-order valence-electron chi connectivity index (χ0n) is 15.1. The molecule has 0 spiro atoms. The molecule has 0 saturated heterocycles. The molecular weight excluding hydrogens is 386 g/mol. The second-order valence-corrected chi connectivity index (χ2v) is 7.22. The molecule has 0 rings (SSSR count). The molecule has 11 heteroatoms. The fourth-order valence-corrected chi connectivity index (χ4v) is 1.91. The number of phosphoric acid groups is 2. The minimum Gasteiger partial charge on any atom is -0.822 e. The summed E-state index contributed by atoms with van der Waals surface area (Å²) in [6.45, 7) is 4.57. The van der Waals surface area contributed by atoms with Crippen LogP contribution in [-0.2, 0) is 9.13 Å². The van der Waals surface area contributed by atoms with Gasteiger partial charge in [0.1, 0.15) is 0 Å². The molecule has 0 aliphatic carbocycles. The minimum absolute atomic E-state index is 0. The van der Waals surface area contributed by atoms with Gasteiger partial charge in [0.15, 0.2) is 0 Å². The van der Waals surface area contributed by atoms with E-state index in [0.29, 0.717) is 0 Å². The summed E-state index contributed by atoms with van der Waals surface area (Å²) < 4.78 is 17.1. The molecule has 2 N–H and O–H groups in total. The highest BCUT2D eigenvalue weighted by Crippen LogP contribution is 2.11. The predicted molar refractivity (Wildman–Crippen MR) is 92.3 cm³/mol. The molecule has 26 heavy (non-hydrogen) atoms. The van der Waals surface area contributed by atoms with Crippen LogP contribution in [0, 0.1) is 0 Å². The summed E-state index contributed by atoms with van der Waals surface area (Å²) in [5, 5.41) is 0. The first-order valence-corrected chi connectivity index (χ1v) is 11.3. The first-order chi connectivity index (χ1) is 10.9. The van der Waals surface area contributed by atoms with Crippen molar-refractivity contribution in [1.29, 1.82) is 0 Å². The maximum atomic E-state index is 8.55. The van der Waals surface area contributed by atoms with E-state index in [9.17, 15) is 0 Å². The molecule has 0 aliphatic heterocycles. The lowest BCUT2D eigenvalue weighted by atomic mass is 10.1. The van der Waals surface area contributed by atoms with E-state index in [2.05, 4.69) is 13.8 Å². The van der Waals surface area contributed by atoms with Gasteiger partial charge in [-0.2, -0.15) is 15.6 Å². The van der Waals surface area contributed by atoms with Crippen LogP contribution >= 0.6 is 15.6 Å². The molecule has 0 bridgehead atoms. The highest BCUT2D eigenvalue weighted by molar-refractivity contribution is 7.40. The Labute approximate surface area is 158 Å². The van der Waals surface area contributed by atoms with Crippen molar-refractivity contribution in [2.24, 2.45) is 0 Å². The maximum Gasteiger partial charge on any atom is -0.0533 e. The number of hydrogen-bond acceptors (Lipinski definition) is 8. The number of unbranched alkanes of at least 4 members (excludes halogenated alkanes) is 11. The SMILES string of the molecule is C.CCCCCCCCCCCCCC.O.O=P([O-])([O-])[O-].O=P([O-])([O-])[O-]. The predicted octanol–water partition coefficient (Wildman–Crippen LogP) is -0.130. The fraction of sp³-hybridized carbons (Fsp3) is 1.00. The minimum atomic E-state index is -5.39. The van der Waals surface area contributed by atoms with Crippen molar-refractivity contribution in [1.82, 2.24) is 0 Å². The van der Waals surface area contributed by atoms with E-state index in [1.165, 1.54) is 77.0 Å². The van der Waals surface area contributed by atoms with Gasteiger partial charge in [-0.15, -0.1) is 0 Å². The van der Waals surface area contributed by atoms with Crippen molar-refractivity contribution in [2.75, 3.05) is 0 Å². The largest absolute Gasteiger partial charge is 0.822 e. The third-order valence-corrected chi connectivity index (χ3v) is 2.96. The quantitative estimate of drug-likeness (QED) is 0.323. The van der Waals surface area contributed by atoms with Gasteiger partial charge in [-0.05, 0) is 0 Å². The lowest BCUT2D eigenvalue weighted by Crippen LogP contribution is -2.24. The number of rotatable bonds is 11. The van der Waals surface area contributed by atoms with Gasteiger partial charge >= 0.3 is 0 Å². The standard InChI is InChI=1S/C14H30.CH4.2H3O4P.H2O/c1-3-5-7-9-11-13-14-12-10-8-6-4-2;;2*1-5(2,3)4;/h3-14H2,1-2H3;1H4;2*(H3,1,2,3,4);1H2/p-6. The van der Waals surface area contributed by atoms with E-state index in [-0.39, 0.29) is 12.9 Å². The molecule has 0 atom stereocenters. The van der Waals surface area contributed by atoms with Gasteiger partial charge in [-0.25, -0.2) is 0 Å². The Hall–Kier alpha value is 0.180. The van der Waals surface area contributed by atoms with Crippen LogP contribution in [0.4, 0.5) is 0 Å². The van der Waals surface area contributed by atoms with Crippen molar-refractivity contribution in [2.45, 2.75) is 98.3 Å². The lowest BCUT2D eigenvalue weighted by molar-refractivity contribution is -0.434. The average Bonchev–Trinajstić information content (AvgIpc) is 2.37. The van der Waals surface area contributed by atoms with Crippen LogP contribution in [0.2, 0.25) is 0 Å². The molecule has 0 aromatic rings. The summed E-state index contributed by atoms with van der Waals surface area (Å²) in [5.74, 6) is 0. The van der Waals surface area contributed by atoms with Gasteiger partial charge in [0.05, 0.1) is 0 Å². The van der Waals surface area contributed by atoms with Crippen LogP contribution in [0.1, 0.15) is 98.3 Å². The molecule has 0 heterocycles. The summed E-state index contributed by atoms with van der Waals surface area (Å²) >= 11 is 0. The monoisotopic (exact) mass is 422 g/mol. The Morgan fingerprint density at radius 1 is 0.500 bits per heavy atom. The molecule has 166 valence electrons. The van der Waals surface area contributed by atoms with Crippen LogP contribution < -0.4 is 29.4 Å². The summed E-state index contributed by atoms with van der Waals surface area (Å²) in [7, 11) is -10.8. The Balaban J connectivity index is -0.000000102.